The van der Waals surface area contributed by atoms with Crippen molar-refractivity contribution in [2.75, 3.05) is 7.05 Å². The van der Waals surface area contributed by atoms with E-state index in [0.717, 1.165) is 29.3 Å². The summed E-state index contributed by atoms with van der Waals surface area (Å²) in [6.07, 6.45) is 0. The SMILES string of the molecule is CNCc1cc(C)ccc1OCc1cc(C)on1. The number of aromatic nitrogens is 1. The zero-order chi connectivity index (χ0) is 13.0. The highest BCUT2D eigenvalue weighted by molar-refractivity contribution is 5.36. The van der Waals surface area contributed by atoms with Gasteiger partial charge in [-0.3, -0.25) is 0 Å². The van der Waals surface area contributed by atoms with Gasteiger partial charge in [-0.1, -0.05) is 22.9 Å². The largest absolute Gasteiger partial charge is 0.487 e. The van der Waals surface area contributed by atoms with Crippen LogP contribution in [0.25, 0.3) is 0 Å². The molecule has 1 aromatic carbocycles. The maximum atomic E-state index is 5.78. The molecular weight excluding hydrogens is 228 g/mol. The molecule has 0 radical (unpaired) electrons. The molecule has 0 saturated carbocycles. The number of benzene rings is 1. The summed E-state index contributed by atoms with van der Waals surface area (Å²) in [5.41, 5.74) is 3.19. The molecule has 4 nitrogen and oxygen atoms in total. The molecule has 0 spiro atoms. The maximum absolute atomic E-state index is 5.78. The Hall–Kier alpha value is -1.81. The lowest BCUT2D eigenvalue weighted by atomic mass is 10.1. The van der Waals surface area contributed by atoms with Gasteiger partial charge in [-0.25, -0.2) is 0 Å². The first-order chi connectivity index (χ1) is 8.69. The van der Waals surface area contributed by atoms with Gasteiger partial charge in [0.2, 0.25) is 0 Å². The fourth-order valence-corrected chi connectivity index (χ4v) is 1.82. The minimum absolute atomic E-state index is 0.428. The molecule has 1 aromatic heterocycles. The van der Waals surface area contributed by atoms with Gasteiger partial charge in [0.1, 0.15) is 23.8 Å². The Bertz CT molecular complexity index is 520. The van der Waals surface area contributed by atoms with Crippen molar-refractivity contribution in [3.63, 3.8) is 0 Å². The predicted octanol–water partition coefficient (Wildman–Crippen LogP) is 2.59. The molecule has 0 bridgehead atoms. The average molecular weight is 246 g/mol. The van der Waals surface area contributed by atoms with Crippen LogP contribution < -0.4 is 10.1 Å². The van der Waals surface area contributed by atoms with Crippen molar-refractivity contribution in [2.24, 2.45) is 0 Å². The van der Waals surface area contributed by atoms with Crippen molar-refractivity contribution in [3.8, 4) is 5.75 Å². The van der Waals surface area contributed by atoms with Gasteiger partial charge in [0, 0.05) is 18.2 Å². The molecule has 0 aliphatic carbocycles. The number of hydrogen-bond acceptors (Lipinski definition) is 4. The summed E-state index contributed by atoms with van der Waals surface area (Å²) in [6.45, 7) is 5.16. The standard InChI is InChI=1S/C14H18N2O2/c1-10-4-5-14(12(6-10)8-15-3)17-9-13-7-11(2)18-16-13/h4-7,15H,8-9H2,1-3H3. The van der Waals surface area contributed by atoms with E-state index in [1.807, 2.05) is 32.2 Å². The third-order valence-electron chi connectivity index (χ3n) is 2.64. The summed E-state index contributed by atoms with van der Waals surface area (Å²) >= 11 is 0. The minimum Gasteiger partial charge on any atom is -0.487 e. The summed E-state index contributed by atoms with van der Waals surface area (Å²) in [7, 11) is 1.92. The first kappa shape index (κ1) is 12.6. The Morgan fingerprint density at radius 1 is 1.28 bits per heavy atom. The van der Waals surface area contributed by atoms with Crippen LogP contribution in [0, 0.1) is 13.8 Å². The van der Waals surface area contributed by atoms with Crippen LogP contribution in [0.3, 0.4) is 0 Å². The van der Waals surface area contributed by atoms with E-state index in [0.29, 0.717) is 6.61 Å². The first-order valence-electron chi connectivity index (χ1n) is 5.98. The van der Waals surface area contributed by atoms with Gasteiger partial charge in [-0.15, -0.1) is 0 Å². The topological polar surface area (TPSA) is 47.3 Å². The summed E-state index contributed by atoms with van der Waals surface area (Å²) in [6, 6.07) is 8.04. The second-order valence-electron chi connectivity index (χ2n) is 4.36. The molecule has 0 saturated heterocycles. The predicted molar refractivity (Wildman–Crippen MR) is 69.5 cm³/mol. The van der Waals surface area contributed by atoms with Crippen molar-refractivity contribution in [3.05, 3.63) is 46.8 Å². The van der Waals surface area contributed by atoms with Gasteiger partial charge in [0.05, 0.1) is 0 Å². The van der Waals surface area contributed by atoms with Crippen LogP contribution in [-0.4, -0.2) is 12.2 Å². The minimum atomic E-state index is 0.428. The maximum Gasteiger partial charge on any atom is 0.134 e. The summed E-state index contributed by atoms with van der Waals surface area (Å²) in [4.78, 5) is 0. The van der Waals surface area contributed by atoms with E-state index in [-0.39, 0.29) is 0 Å². The van der Waals surface area contributed by atoms with E-state index in [4.69, 9.17) is 9.26 Å². The molecular formula is C14H18N2O2. The highest BCUT2D eigenvalue weighted by atomic mass is 16.5. The van der Waals surface area contributed by atoms with Crippen LogP contribution in [0.1, 0.15) is 22.6 Å². The van der Waals surface area contributed by atoms with Crippen LogP contribution in [0.15, 0.2) is 28.8 Å². The van der Waals surface area contributed by atoms with E-state index in [1.54, 1.807) is 0 Å². The Morgan fingerprint density at radius 3 is 2.78 bits per heavy atom. The highest BCUT2D eigenvalue weighted by Gasteiger charge is 2.06. The highest BCUT2D eigenvalue weighted by Crippen LogP contribution is 2.21. The number of hydrogen-bond donors (Lipinski definition) is 1. The average Bonchev–Trinajstić information content (AvgIpc) is 2.75. The molecule has 0 fully saturated rings. The lowest BCUT2D eigenvalue weighted by Gasteiger charge is -2.11. The smallest absolute Gasteiger partial charge is 0.134 e. The van der Waals surface area contributed by atoms with Crippen molar-refractivity contribution in [2.45, 2.75) is 27.0 Å². The van der Waals surface area contributed by atoms with E-state index < -0.39 is 0 Å². The molecule has 0 aliphatic rings. The Labute approximate surface area is 107 Å². The fraction of sp³-hybridized carbons (Fsp3) is 0.357. The van der Waals surface area contributed by atoms with E-state index in [1.165, 1.54) is 5.56 Å². The van der Waals surface area contributed by atoms with Crippen molar-refractivity contribution >= 4 is 0 Å². The van der Waals surface area contributed by atoms with Crippen molar-refractivity contribution < 1.29 is 9.26 Å². The van der Waals surface area contributed by atoms with E-state index in [9.17, 15) is 0 Å². The molecule has 0 unspecified atom stereocenters. The molecule has 2 aromatic rings. The molecule has 1 heterocycles. The molecule has 96 valence electrons. The van der Waals surface area contributed by atoms with Crippen molar-refractivity contribution in [1.82, 2.24) is 10.5 Å². The van der Waals surface area contributed by atoms with Gasteiger partial charge >= 0.3 is 0 Å². The molecule has 0 aliphatic heterocycles. The van der Waals surface area contributed by atoms with Crippen LogP contribution in [0.5, 0.6) is 5.75 Å². The third kappa shape index (κ3) is 3.11. The summed E-state index contributed by atoms with van der Waals surface area (Å²) < 4.78 is 10.8. The van der Waals surface area contributed by atoms with Gasteiger partial charge in [0.15, 0.2) is 0 Å². The zero-order valence-electron chi connectivity index (χ0n) is 11.0. The monoisotopic (exact) mass is 246 g/mol. The lowest BCUT2D eigenvalue weighted by molar-refractivity contribution is 0.284. The van der Waals surface area contributed by atoms with Crippen LogP contribution in [-0.2, 0) is 13.2 Å². The van der Waals surface area contributed by atoms with Crippen LogP contribution in [0.2, 0.25) is 0 Å². The van der Waals surface area contributed by atoms with E-state index in [2.05, 4.69) is 23.5 Å². The lowest BCUT2D eigenvalue weighted by Crippen LogP contribution is -2.08. The summed E-state index contributed by atoms with van der Waals surface area (Å²) in [5.74, 6) is 1.68. The molecule has 2 rings (SSSR count). The van der Waals surface area contributed by atoms with Crippen molar-refractivity contribution in [1.29, 1.82) is 0 Å². The second-order valence-corrected chi connectivity index (χ2v) is 4.36. The van der Waals surface area contributed by atoms with Gasteiger partial charge in [0.25, 0.3) is 0 Å². The number of aryl methyl sites for hydroxylation is 2. The fourth-order valence-electron chi connectivity index (χ4n) is 1.82. The molecule has 0 amide bonds. The number of nitrogens with zero attached hydrogens (tertiary/aromatic N) is 1. The Morgan fingerprint density at radius 2 is 2.11 bits per heavy atom. The van der Waals surface area contributed by atoms with Gasteiger partial charge in [-0.05, 0) is 27.0 Å². The zero-order valence-corrected chi connectivity index (χ0v) is 11.0. The molecule has 1 N–H and O–H groups in total. The normalized spacial score (nSPS) is 10.6. The Kier molecular flexibility index (Phi) is 3.99. The van der Waals surface area contributed by atoms with Gasteiger partial charge < -0.3 is 14.6 Å². The Balaban J connectivity index is 2.08. The third-order valence-corrected chi connectivity index (χ3v) is 2.64. The van der Waals surface area contributed by atoms with Gasteiger partial charge in [-0.2, -0.15) is 0 Å². The summed E-state index contributed by atoms with van der Waals surface area (Å²) in [5, 5.41) is 7.05. The van der Waals surface area contributed by atoms with E-state index >= 15 is 0 Å². The quantitative estimate of drug-likeness (QED) is 0.881. The molecule has 0 atom stereocenters. The van der Waals surface area contributed by atoms with Crippen LogP contribution in [0.4, 0.5) is 0 Å². The molecule has 18 heavy (non-hydrogen) atoms. The number of rotatable bonds is 5. The second kappa shape index (κ2) is 5.69. The number of nitrogens with one attached hydrogen (secondary N) is 1. The molecule has 4 heteroatoms. The number of ether oxygens (including phenoxy) is 1. The first-order valence-corrected chi connectivity index (χ1v) is 5.98. The van der Waals surface area contributed by atoms with Crippen LogP contribution >= 0.6 is 0 Å².